The number of hydrogen-bond donors (Lipinski definition) is 2. The molecule has 190 valence electrons. The number of ether oxygens (including phenoxy) is 3. The number of rotatable bonds is 9. The number of benzene rings is 1. The van der Waals surface area contributed by atoms with Gasteiger partial charge in [0.1, 0.15) is 11.7 Å². The number of pyridine rings is 1. The maximum Gasteiger partial charge on any atom is 0.356 e. The average molecular weight is 495 g/mol. The first-order valence-electron chi connectivity index (χ1n) is 11.8. The van der Waals surface area contributed by atoms with E-state index in [1.54, 1.807) is 23.8 Å². The van der Waals surface area contributed by atoms with Crippen molar-refractivity contribution < 1.29 is 28.6 Å². The van der Waals surface area contributed by atoms with Gasteiger partial charge in [0.05, 0.1) is 44.3 Å². The van der Waals surface area contributed by atoms with E-state index in [0.29, 0.717) is 55.0 Å². The van der Waals surface area contributed by atoms with E-state index >= 15 is 0 Å². The van der Waals surface area contributed by atoms with Crippen LogP contribution in [0.5, 0.6) is 0 Å². The normalized spacial score (nSPS) is 15.9. The van der Waals surface area contributed by atoms with Crippen LogP contribution in [-0.4, -0.2) is 60.9 Å². The highest BCUT2D eigenvalue weighted by Crippen LogP contribution is 2.34. The van der Waals surface area contributed by atoms with Crippen LogP contribution in [-0.2, 0) is 36.8 Å². The highest BCUT2D eigenvalue weighted by Gasteiger charge is 2.30. The molecule has 2 N–H and O–H groups in total. The first-order chi connectivity index (χ1) is 17.4. The Labute approximate surface area is 208 Å². The van der Waals surface area contributed by atoms with Gasteiger partial charge in [-0.2, -0.15) is 0 Å². The molecule has 0 spiro atoms. The second-order valence-corrected chi connectivity index (χ2v) is 8.64. The molecule has 1 aromatic carbocycles. The first-order valence-corrected chi connectivity index (χ1v) is 11.8. The van der Waals surface area contributed by atoms with Crippen LogP contribution in [0.3, 0.4) is 0 Å². The number of anilines is 2. The minimum Gasteiger partial charge on any atom is -0.467 e. The van der Waals surface area contributed by atoms with Gasteiger partial charge in [-0.15, -0.1) is 0 Å². The molecule has 0 saturated carbocycles. The maximum atomic E-state index is 13.1. The van der Waals surface area contributed by atoms with Gasteiger partial charge in [-0.1, -0.05) is 30.3 Å². The van der Waals surface area contributed by atoms with E-state index < -0.39 is 18.0 Å². The summed E-state index contributed by atoms with van der Waals surface area (Å²) in [4.78, 5) is 42.6. The number of esters is 2. The van der Waals surface area contributed by atoms with Crippen molar-refractivity contribution in [3.05, 3.63) is 53.9 Å². The van der Waals surface area contributed by atoms with Gasteiger partial charge in [0.25, 0.3) is 0 Å². The monoisotopic (exact) mass is 494 g/mol. The molecule has 3 aromatic rings. The SMILES string of the molecule is COC(=O)c1c(NC(=O)[C@H]2CCOC2)c2cc(N[C@H](C)C(=O)OC)cnc2n1CCc1ccccc1. The second-order valence-electron chi connectivity index (χ2n) is 8.64. The molecule has 10 nitrogen and oxygen atoms in total. The summed E-state index contributed by atoms with van der Waals surface area (Å²) in [6.07, 6.45) is 2.82. The van der Waals surface area contributed by atoms with Crippen molar-refractivity contribution in [3.8, 4) is 0 Å². The lowest BCUT2D eigenvalue weighted by molar-refractivity contribution is -0.141. The van der Waals surface area contributed by atoms with E-state index in [9.17, 15) is 14.4 Å². The number of nitrogens with zero attached hydrogens (tertiary/aromatic N) is 2. The summed E-state index contributed by atoms with van der Waals surface area (Å²) >= 11 is 0. The van der Waals surface area contributed by atoms with Crippen LogP contribution in [0.4, 0.5) is 11.4 Å². The summed E-state index contributed by atoms with van der Waals surface area (Å²) < 4.78 is 17.0. The molecule has 4 rings (SSSR count). The van der Waals surface area contributed by atoms with Gasteiger partial charge >= 0.3 is 11.9 Å². The quantitative estimate of drug-likeness (QED) is 0.436. The molecule has 0 radical (unpaired) electrons. The van der Waals surface area contributed by atoms with Crippen molar-refractivity contribution in [2.24, 2.45) is 5.92 Å². The summed E-state index contributed by atoms with van der Waals surface area (Å²) in [5, 5.41) is 6.55. The van der Waals surface area contributed by atoms with E-state index in [2.05, 4.69) is 15.6 Å². The largest absolute Gasteiger partial charge is 0.467 e. The number of methoxy groups -OCH3 is 2. The zero-order valence-electron chi connectivity index (χ0n) is 20.6. The molecule has 0 unspecified atom stereocenters. The molecule has 2 aromatic heterocycles. The Hall–Kier alpha value is -3.92. The molecular weight excluding hydrogens is 464 g/mol. The van der Waals surface area contributed by atoms with Crippen molar-refractivity contribution in [2.45, 2.75) is 32.4 Å². The van der Waals surface area contributed by atoms with Crippen LogP contribution in [0, 0.1) is 5.92 Å². The summed E-state index contributed by atoms with van der Waals surface area (Å²) in [5.41, 5.74) is 2.68. The number of carbonyl (C=O) groups is 3. The highest BCUT2D eigenvalue weighted by molar-refractivity contribution is 6.11. The zero-order chi connectivity index (χ0) is 25.7. The Morgan fingerprint density at radius 1 is 1.19 bits per heavy atom. The van der Waals surface area contributed by atoms with Crippen LogP contribution >= 0.6 is 0 Å². The lowest BCUT2D eigenvalue weighted by atomic mass is 10.1. The Kier molecular flexibility index (Phi) is 7.84. The Bertz CT molecular complexity index is 1250. The minimum absolute atomic E-state index is 0.210. The first kappa shape index (κ1) is 25.2. The molecule has 1 saturated heterocycles. The average Bonchev–Trinajstić information content (AvgIpc) is 3.54. The molecule has 1 amide bonds. The van der Waals surface area contributed by atoms with Gasteiger partial charge in [-0.25, -0.2) is 14.6 Å². The van der Waals surface area contributed by atoms with E-state index in [0.717, 1.165) is 5.56 Å². The second kappa shape index (κ2) is 11.2. The van der Waals surface area contributed by atoms with Gasteiger partial charge in [0, 0.05) is 18.5 Å². The number of aromatic nitrogens is 2. The number of aryl methyl sites for hydroxylation is 2. The van der Waals surface area contributed by atoms with E-state index in [4.69, 9.17) is 14.2 Å². The van der Waals surface area contributed by atoms with Crippen molar-refractivity contribution >= 4 is 40.3 Å². The predicted molar refractivity (Wildman–Crippen MR) is 134 cm³/mol. The Balaban J connectivity index is 1.79. The summed E-state index contributed by atoms with van der Waals surface area (Å²) in [6.45, 7) is 2.95. The van der Waals surface area contributed by atoms with Crippen LogP contribution in [0.25, 0.3) is 11.0 Å². The zero-order valence-corrected chi connectivity index (χ0v) is 20.6. The van der Waals surface area contributed by atoms with Gasteiger partial charge in [-0.3, -0.25) is 4.79 Å². The van der Waals surface area contributed by atoms with Gasteiger partial charge < -0.3 is 29.4 Å². The highest BCUT2D eigenvalue weighted by atomic mass is 16.5. The predicted octanol–water partition coefficient (Wildman–Crippen LogP) is 3.01. The topological polar surface area (TPSA) is 121 Å². The molecule has 1 aliphatic heterocycles. The molecule has 10 heteroatoms. The molecule has 36 heavy (non-hydrogen) atoms. The molecule has 1 fully saturated rings. The minimum atomic E-state index is -0.622. The van der Waals surface area contributed by atoms with Crippen LogP contribution in [0.2, 0.25) is 0 Å². The smallest absolute Gasteiger partial charge is 0.356 e. The Morgan fingerprint density at radius 3 is 2.64 bits per heavy atom. The van der Waals surface area contributed by atoms with Gasteiger partial charge in [-0.05, 0) is 31.4 Å². The Morgan fingerprint density at radius 2 is 1.97 bits per heavy atom. The summed E-state index contributed by atoms with van der Waals surface area (Å²) in [7, 11) is 2.62. The summed E-state index contributed by atoms with van der Waals surface area (Å²) in [6, 6.07) is 11.0. The van der Waals surface area contributed by atoms with E-state index in [1.165, 1.54) is 14.2 Å². The molecular formula is C26H30N4O6. The number of fused-ring (bicyclic) bond motifs is 1. The lowest BCUT2D eigenvalue weighted by Gasteiger charge is -2.13. The number of nitrogens with one attached hydrogen (secondary N) is 2. The molecule has 0 bridgehead atoms. The van der Waals surface area contributed by atoms with Crippen molar-refractivity contribution in [2.75, 3.05) is 38.1 Å². The molecule has 3 heterocycles. The molecule has 2 atom stereocenters. The summed E-state index contributed by atoms with van der Waals surface area (Å²) in [5.74, 6) is -1.56. The number of carbonyl (C=O) groups excluding carboxylic acids is 3. The molecule has 1 aliphatic rings. The van der Waals surface area contributed by atoms with Crippen LogP contribution in [0.15, 0.2) is 42.6 Å². The fourth-order valence-electron chi connectivity index (χ4n) is 4.29. The third kappa shape index (κ3) is 5.33. The molecule has 0 aliphatic carbocycles. The van der Waals surface area contributed by atoms with Gasteiger partial charge in [0.15, 0.2) is 5.69 Å². The maximum absolute atomic E-state index is 13.1. The third-order valence-corrected chi connectivity index (χ3v) is 6.23. The van der Waals surface area contributed by atoms with Crippen LogP contribution < -0.4 is 10.6 Å². The van der Waals surface area contributed by atoms with Gasteiger partial charge in [0.2, 0.25) is 5.91 Å². The fourth-order valence-corrected chi connectivity index (χ4v) is 4.29. The van der Waals surface area contributed by atoms with Crippen LogP contribution in [0.1, 0.15) is 29.4 Å². The number of amides is 1. The van der Waals surface area contributed by atoms with Crippen molar-refractivity contribution in [1.82, 2.24) is 9.55 Å². The standard InChI is InChI=1S/C26H30N4O6/c1-16(25(32)34-2)28-19-13-20-21(29-24(31)18-10-12-36-15-18)22(26(33)35-3)30(23(20)27-14-19)11-9-17-7-5-4-6-8-17/h4-8,13-14,16,18,28H,9-12,15H2,1-3H3,(H,29,31)/t16-,18+/m1/s1. The third-order valence-electron chi connectivity index (χ3n) is 6.23. The van der Waals surface area contributed by atoms with Crippen molar-refractivity contribution in [3.63, 3.8) is 0 Å². The van der Waals surface area contributed by atoms with E-state index in [-0.39, 0.29) is 17.5 Å². The van der Waals surface area contributed by atoms with E-state index in [1.807, 2.05) is 30.3 Å². The van der Waals surface area contributed by atoms with Crippen molar-refractivity contribution in [1.29, 1.82) is 0 Å². The fraction of sp³-hybridized carbons (Fsp3) is 0.385. The lowest BCUT2D eigenvalue weighted by Crippen LogP contribution is -2.27. The number of hydrogen-bond acceptors (Lipinski definition) is 8.